The van der Waals surface area contributed by atoms with Gasteiger partial charge in [-0.05, 0) is 26.7 Å². The normalized spacial score (nSPS) is 11.1. The summed E-state index contributed by atoms with van der Waals surface area (Å²) >= 11 is 0. The summed E-state index contributed by atoms with van der Waals surface area (Å²) in [7, 11) is 0. The van der Waals surface area contributed by atoms with E-state index >= 15 is 0 Å². The molecule has 0 aromatic heterocycles. The van der Waals surface area contributed by atoms with Gasteiger partial charge in [0.2, 0.25) is 0 Å². The molecule has 0 radical (unpaired) electrons. The number of hydrogen-bond acceptors (Lipinski definition) is 6. The molecule has 126 valence electrons. The molecule has 0 spiro atoms. The van der Waals surface area contributed by atoms with Gasteiger partial charge in [-0.2, -0.15) is 0 Å². The number of Topliss-reactive ketones (excluding diaryl/α,β-unsaturated/α-hetero) is 3. The summed E-state index contributed by atoms with van der Waals surface area (Å²) in [5.41, 5.74) is -0.386. The Morgan fingerprint density at radius 2 is 1.41 bits per heavy atom. The Balaban J connectivity index is 4.37. The summed E-state index contributed by atoms with van der Waals surface area (Å²) in [5, 5.41) is 0. The average Bonchev–Trinajstić information content (AvgIpc) is 2.41. The van der Waals surface area contributed by atoms with Gasteiger partial charge in [0.25, 0.3) is 0 Å². The Morgan fingerprint density at radius 1 is 0.864 bits per heavy atom. The Hall–Kier alpha value is -1.56. The van der Waals surface area contributed by atoms with Gasteiger partial charge in [-0.3, -0.25) is 19.2 Å². The summed E-state index contributed by atoms with van der Waals surface area (Å²) in [5.74, 6) is -1.24. The third-order valence-electron chi connectivity index (χ3n) is 3.55. The van der Waals surface area contributed by atoms with Crippen molar-refractivity contribution in [1.29, 1.82) is 0 Å². The zero-order chi connectivity index (χ0) is 17.2. The first kappa shape index (κ1) is 20.4. The van der Waals surface area contributed by atoms with Crippen LogP contribution < -0.4 is 0 Å². The maximum Gasteiger partial charge on any atom is 0.313 e. The van der Waals surface area contributed by atoms with Crippen LogP contribution in [-0.2, 0) is 28.7 Å². The van der Waals surface area contributed by atoms with Crippen molar-refractivity contribution in [2.75, 3.05) is 19.8 Å². The van der Waals surface area contributed by atoms with E-state index in [1.54, 1.807) is 0 Å². The zero-order valence-electron chi connectivity index (χ0n) is 13.9. The van der Waals surface area contributed by atoms with E-state index < -0.39 is 5.97 Å². The van der Waals surface area contributed by atoms with Gasteiger partial charge in [0.15, 0.2) is 5.78 Å². The number of hydrogen-bond donors (Lipinski definition) is 0. The first-order valence-corrected chi connectivity index (χ1v) is 7.48. The van der Waals surface area contributed by atoms with Crippen LogP contribution in [-0.4, -0.2) is 43.1 Å². The van der Waals surface area contributed by atoms with Crippen LogP contribution in [0.5, 0.6) is 0 Å². The molecule has 22 heavy (non-hydrogen) atoms. The summed E-state index contributed by atoms with van der Waals surface area (Å²) < 4.78 is 10.5. The second kappa shape index (κ2) is 10.2. The number of carbonyl (C=O) groups is 4. The minimum absolute atomic E-state index is 0.122. The molecule has 0 unspecified atom stereocenters. The predicted molar refractivity (Wildman–Crippen MR) is 80.4 cm³/mol. The second-order valence-corrected chi connectivity index (χ2v) is 5.66. The van der Waals surface area contributed by atoms with Crippen molar-refractivity contribution in [3.05, 3.63) is 0 Å². The number of rotatable bonds is 12. The molecule has 0 aromatic rings. The topological polar surface area (TPSA) is 86.7 Å². The molecule has 0 saturated heterocycles. The third-order valence-corrected chi connectivity index (χ3v) is 3.55. The van der Waals surface area contributed by atoms with Crippen molar-refractivity contribution in [2.45, 2.75) is 53.4 Å². The highest BCUT2D eigenvalue weighted by Crippen LogP contribution is 2.27. The number of carbonyl (C=O) groups excluding carboxylic acids is 4. The molecule has 0 aromatic carbocycles. The van der Waals surface area contributed by atoms with Crippen molar-refractivity contribution in [1.82, 2.24) is 0 Å². The highest BCUT2D eigenvalue weighted by atomic mass is 16.5. The van der Waals surface area contributed by atoms with Crippen LogP contribution in [0.2, 0.25) is 0 Å². The highest BCUT2D eigenvalue weighted by molar-refractivity contribution is 5.98. The second-order valence-electron chi connectivity index (χ2n) is 5.66. The zero-order valence-corrected chi connectivity index (χ0v) is 13.9. The van der Waals surface area contributed by atoms with Gasteiger partial charge in [-0.25, -0.2) is 0 Å². The largest absolute Gasteiger partial charge is 0.465 e. The smallest absolute Gasteiger partial charge is 0.313 e. The highest BCUT2D eigenvalue weighted by Gasteiger charge is 2.29. The average molecular weight is 314 g/mol. The minimum Gasteiger partial charge on any atom is -0.465 e. The van der Waals surface area contributed by atoms with Gasteiger partial charge in [0, 0.05) is 5.41 Å². The van der Waals surface area contributed by atoms with E-state index in [0.717, 1.165) is 0 Å². The molecule has 0 aliphatic heterocycles. The van der Waals surface area contributed by atoms with Crippen LogP contribution in [0.3, 0.4) is 0 Å². The van der Waals surface area contributed by atoms with E-state index in [2.05, 4.69) is 0 Å². The maximum absolute atomic E-state index is 11.5. The lowest BCUT2D eigenvalue weighted by Gasteiger charge is -2.30. The molecule has 0 amide bonds. The van der Waals surface area contributed by atoms with E-state index in [0.29, 0.717) is 12.8 Å². The monoisotopic (exact) mass is 314 g/mol. The van der Waals surface area contributed by atoms with E-state index in [4.69, 9.17) is 9.47 Å². The van der Waals surface area contributed by atoms with Crippen molar-refractivity contribution in [3.63, 3.8) is 0 Å². The first-order valence-electron chi connectivity index (χ1n) is 7.48. The molecule has 0 saturated carbocycles. The molecule has 0 aliphatic carbocycles. The Morgan fingerprint density at radius 3 is 1.86 bits per heavy atom. The Bertz CT molecular complexity index is 409. The summed E-state index contributed by atoms with van der Waals surface area (Å²) in [6.07, 6.45) is 1.05. The van der Waals surface area contributed by atoms with Gasteiger partial charge in [-0.15, -0.1) is 0 Å². The van der Waals surface area contributed by atoms with E-state index in [1.807, 2.05) is 13.8 Å². The molecule has 0 fully saturated rings. The van der Waals surface area contributed by atoms with Gasteiger partial charge in [0.1, 0.15) is 24.6 Å². The molecule has 0 bridgehead atoms. The lowest BCUT2D eigenvalue weighted by atomic mass is 9.84. The van der Waals surface area contributed by atoms with Gasteiger partial charge in [-0.1, -0.05) is 13.8 Å². The number of esters is 1. The third kappa shape index (κ3) is 8.67. The first-order chi connectivity index (χ1) is 10.2. The van der Waals surface area contributed by atoms with Crippen LogP contribution in [0.4, 0.5) is 0 Å². The van der Waals surface area contributed by atoms with Crippen LogP contribution in [0, 0.1) is 5.41 Å². The maximum atomic E-state index is 11.5. The van der Waals surface area contributed by atoms with Crippen LogP contribution in [0.25, 0.3) is 0 Å². The van der Waals surface area contributed by atoms with Crippen molar-refractivity contribution >= 4 is 23.3 Å². The van der Waals surface area contributed by atoms with Crippen LogP contribution in [0.1, 0.15) is 53.4 Å². The van der Waals surface area contributed by atoms with Crippen molar-refractivity contribution in [2.24, 2.45) is 5.41 Å². The Kier molecular flexibility index (Phi) is 9.49. The molecule has 6 nitrogen and oxygen atoms in total. The minimum atomic E-state index is -0.550. The van der Waals surface area contributed by atoms with Crippen molar-refractivity contribution < 1.29 is 28.7 Å². The van der Waals surface area contributed by atoms with Crippen LogP contribution >= 0.6 is 0 Å². The molecule has 0 atom stereocenters. The molecule has 0 rings (SSSR count). The van der Waals surface area contributed by atoms with E-state index in [9.17, 15) is 19.2 Å². The molecule has 0 heterocycles. The van der Waals surface area contributed by atoms with Gasteiger partial charge >= 0.3 is 5.97 Å². The molecule has 0 N–H and O–H groups in total. The van der Waals surface area contributed by atoms with E-state index in [-0.39, 0.29) is 55.4 Å². The molecular weight excluding hydrogens is 288 g/mol. The molecular formula is C16H26O6. The summed E-state index contributed by atoms with van der Waals surface area (Å²) in [4.78, 5) is 44.6. The standard InChI is InChI=1S/C16H26O6/c1-5-16(6-2,11-22-15(20)8-13(4)18)10-21-9-14(19)7-12(3)17/h5-11H2,1-4H3. The lowest BCUT2D eigenvalue weighted by molar-refractivity contribution is -0.151. The number of ketones is 3. The summed E-state index contributed by atoms with van der Waals surface area (Å²) in [6.45, 7) is 6.87. The lowest BCUT2D eigenvalue weighted by Crippen LogP contribution is -2.33. The fraction of sp³-hybridized carbons (Fsp3) is 0.750. The Labute approximate surface area is 131 Å². The SMILES string of the molecule is CCC(CC)(COCC(=O)CC(C)=O)COC(=O)CC(C)=O. The predicted octanol–water partition coefficient (Wildman–Crippen LogP) is 1.88. The van der Waals surface area contributed by atoms with Crippen molar-refractivity contribution in [3.8, 4) is 0 Å². The molecule has 6 heteroatoms. The molecule has 0 aliphatic rings. The van der Waals surface area contributed by atoms with E-state index in [1.165, 1.54) is 13.8 Å². The summed E-state index contributed by atoms with van der Waals surface area (Å²) in [6, 6.07) is 0. The fourth-order valence-electron chi connectivity index (χ4n) is 1.90. The number of ether oxygens (including phenoxy) is 2. The van der Waals surface area contributed by atoms with Gasteiger partial charge < -0.3 is 9.47 Å². The quantitative estimate of drug-likeness (QED) is 0.404. The van der Waals surface area contributed by atoms with Gasteiger partial charge in [0.05, 0.1) is 19.6 Å². The fourth-order valence-corrected chi connectivity index (χ4v) is 1.90. The van der Waals surface area contributed by atoms with Crippen LogP contribution in [0.15, 0.2) is 0 Å².